The summed E-state index contributed by atoms with van der Waals surface area (Å²) in [5.41, 5.74) is 0. The van der Waals surface area contributed by atoms with E-state index in [4.69, 9.17) is 0 Å². The second kappa shape index (κ2) is 9.08. The standard InChI is InChI=1S/C16H31N5O2/c1-3-17-16(23)21-9-5-14(6-10-21)18-15(22)13-20-8-4-7-19(2)11-12-20/h14H,3-13H2,1-2H3,(H,17,23)(H,18,22). The van der Waals surface area contributed by atoms with Gasteiger partial charge in [0.2, 0.25) is 5.91 Å². The summed E-state index contributed by atoms with van der Waals surface area (Å²) in [4.78, 5) is 30.4. The van der Waals surface area contributed by atoms with Crippen LogP contribution < -0.4 is 10.6 Å². The number of nitrogens with zero attached hydrogens (tertiary/aromatic N) is 3. The van der Waals surface area contributed by atoms with Crippen LogP contribution in [0.2, 0.25) is 0 Å². The quantitative estimate of drug-likeness (QED) is 0.760. The lowest BCUT2D eigenvalue weighted by molar-refractivity contribution is -0.123. The predicted octanol–water partition coefficient (Wildman–Crippen LogP) is -0.0660. The molecule has 2 heterocycles. The summed E-state index contributed by atoms with van der Waals surface area (Å²) in [5.74, 6) is 0.117. The molecule has 0 unspecified atom stereocenters. The smallest absolute Gasteiger partial charge is 0.317 e. The SMILES string of the molecule is CCNC(=O)N1CCC(NC(=O)CN2CCCN(C)CC2)CC1. The summed E-state index contributed by atoms with van der Waals surface area (Å²) in [5, 5.41) is 5.96. The van der Waals surface area contributed by atoms with Gasteiger partial charge in [0.25, 0.3) is 0 Å². The number of rotatable bonds is 4. The maximum Gasteiger partial charge on any atom is 0.317 e. The van der Waals surface area contributed by atoms with E-state index in [-0.39, 0.29) is 18.0 Å². The van der Waals surface area contributed by atoms with Crippen LogP contribution in [0.15, 0.2) is 0 Å². The van der Waals surface area contributed by atoms with Gasteiger partial charge in [-0.25, -0.2) is 4.79 Å². The highest BCUT2D eigenvalue weighted by atomic mass is 16.2. The molecule has 132 valence electrons. The number of likely N-dealkylation sites (tertiary alicyclic amines) is 1. The van der Waals surface area contributed by atoms with Crippen molar-refractivity contribution in [2.75, 3.05) is 59.4 Å². The zero-order chi connectivity index (χ0) is 16.7. The molecular formula is C16H31N5O2. The van der Waals surface area contributed by atoms with E-state index in [2.05, 4.69) is 27.5 Å². The molecule has 2 aliphatic heterocycles. The highest BCUT2D eigenvalue weighted by Gasteiger charge is 2.24. The summed E-state index contributed by atoms with van der Waals surface area (Å²) >= 11 is 0. The monoisotopic (exact) mass is 325 g/mol. The Morgan fingerprint density at radius 1 is 1.04 bits per heavy atom. The maximum atomic E-state index is 12.2. The third-order valence-corrected chi connectivity index (χ3v) is 4.65. The van der Waals surface area contributed by atoms with E-state index in [1.54, 1.807) is 0 Å². The normalized spacial score (nSPS) is 21.7. The van der Waals surface area contributed by atoms with Gasteiger partial charge in [0.15, 0.2) is 0 Å². The molecular weight excluding hydrogens is 294 g/mol. The lowest BCUT2D eigenvalue weighted by Crippen LogP contribution is -2.50. The summed E-state index contributed by atoms with van der Waals surface area (Å²) in [6, 6.07) is 0.203. The molecule has 2 N–H and O–H groups in total. The van der Waals surface area contributed by atoms with Gasteiger partial charge in [-0.2, -0.15) is 0 Å². The fourth-order valence-electron chi connectivity index (χ4n) is 3.22. The number of likely N-dealkylation sites (N-methyl/N-ethyl adjacent to an activating group) is 1. The van der Waals surface area contributed by atoms with Gasteiger partial charge in [-0.3, -0.25) is 9.69 Å². The minimum absolute atomic E-state index is 0.00552. The number of urea groups is 1. The maximum absolute atomic E-state index is 12.2. The Balaban J connectivity index is 1.67. The molecule has 0 radical (unpaired) electrons. The first-order chi connectivity index (χ1) is 11.1. The number of piperidine rings is 1. The van der Waals surface area contributed by atoms with E-state index in [0.717, 1.165) is 45.4 Å². The average molecular weight is 325 g/mol. The largest absolute Gasteiger partial charge is 0.352 e. The molecule has 0 aromatic carbocycles. The molecule has 7 nitrogen and oxygen atoms in total. The molecule has 2 rings (SSSR count). The highest BCUT2D eigenvalue weighted by Crippen LogP contribution is 2.10. The summed E-state index contributed by atoms with van der Waals surface area (Å²) < 4.78 is 0. The van der Waals surface area contributed by atoms with Gasteiger partial charge < -0.3 is 20.4 Å². The number of hydrogen-bond donors (Lipinski definition) is 2. The number of carbonyl (C=O) groups excluding carboxylic acids is 2. The Hall–Kier alpha value is -1.34. The number of nitrogens with one attached hydrogen (secondary N) is 2. The van der Waals surface area contributed by atoms with Crippen LogP contribution >= 0.6 is 0 Å². The second-order valence-corrected chi connectivity index (χ2v) is 6.60. The predicted molar refractivity (Wildman–Crippen MR) is 90.4 cm³/mol. The molecule has 2 aliphatic rings. The van der Waals surface area contributed by atoms with Crippen molar-refractivity contribution in [3.63, 3.8) is 0 Å². The Labute approximate surface area is 139 Å². The molecule has 0 spiro atoms. The molecule has 0 atom stereocenters. The Morgan fingerprint density at radius 3 is 2.48 bits per heavy atom. The van der Waals surface area contributed by atoms with Gasteiger partial charge in [0.1, 0.15) is 0 Å². The Bertz CT molecular complexity index is 396. The van der Waals surface area contributed by atoms with Gasteiger partial charge in [-0.1, -0.05) is 0 Å². The van der Waals surface area contributed by atoms with Crippen molar-refractivity contribution >= 4 is 11.9 Å². The van der Waals surface area contributed by atoms with Crippen LogP contribution in [0.4, 0.5) is 4.79 Å². The van der Waals surface area contributed by atoms with Crippen LogP contribution in [-0.2, 0) is 4.79 Å². The Kier molecular flexibility index (Phi) is 7.11. The molecule has 2 saturated heterocycles. The fraction of sp³-hybridized carbons (Fsp3) is 0.875. The van der Waals surface area contributed by atoms with Crippen molar-refractivity contribution < 1.29 is 9.59 Å². The molecule has 0 bridgehead atoms. The van der Waals surface area contributed by atoms with Crippen LogP contribution in [-0.4, -0.2) is 92.1 Å². The zero-order valence-corrected chi connectivity index (χ0v) is 14.5. The molecule has 2 fully saturated rings. The minimum Gasteiger partial charge on any atom is -0.352 e. The van der Waals surface area contributed by atoms with Crippen LogP contribution in [0.3, 0.4) is 0 Å². The topological polar surface area (TPSA) is 67.9 Å². The van der Waals surface area contributed by atoms with E-state index < -0.39 is 0 Å². The number of amides is 3. The third kappa shape index (κ3) is 5.99. The number of carbonyl (C=O) groups is 2. The van der Waals surface area contributed by atoms with Gasteiger partial charge >= 0.3 is 6.03 Å². The lowest BCUT2D eigenvalue weighted by atomic mass is 10.1. The molecule has 7 heteroatoms. The molecule has 0 aromatic heterocycles. The van der Waals surface area contributed by atoms with E-state index in [1.165, 1.54) is 0 Å². The summed E-state index contributed by atoms with van der Waals surface area (Å²) in [7, 11) is 2.13. The number of hydrogen-bond acceptors (Lipinski definition) is 4. The third-order valence-electron chi connectivity index (χ3n) is 4.65. The van der Waals surface area contributed by atoms with E-state index in [1.807, 2.05) is 11.8 Å². The Morgan fingerprint density at radius 2 is 1.78 bits per heavy atom. The van der Waals surface area contributed by atoms with Crippen molar-refractivity contribution in [1.82, 2.24) is 25.3 Å². The van der Waals surface area contributed by atoms with E-state index in [9.17, 15) is 9.59 Å². The fourth-order valence-corrected chi connectivity index (χ4v) is 3.22. The van der Waals surface area contributed by atoms with Crippen molar-refractivity contribution in [1.29, 1.82) is 0 Å². The zero-order valence-electron chi connectivity index (χ0n) is 14.5. The van der Waals surface area contributed by atoms with Crippen molar-refractivity contribution in [2.24, 2.45) is 0 Å². The highest BCUT2D eigenvalue weighted by molar-refractivity contribution is 5.78. The van der Waals surface area contributed by atoms with Gasteiger partial charge in [-0.05, 0) is 46.3 Å². The summed E-state index contributed by atoms with van der Waals surface area (Å²) in [6.45, 7) is 8.58. The molecule has 0 aliphatic carbocycles. The van der Waals surface area contributed by atoms with Crippen LogP contribution in [0.1, 0.15) is 26.2 Å². The van der Waals surface area contributed by atoms with Crippen LogP contribution in [0.5, 0.6) is 0 Å². The average Bonchev–Trinajstić information content (AvgIpc) is 2.73. The van der Waals surface area contributed by atoms with Crippen molar-refractivity contribution in [3.05, 3.63) is 0 Å². The van der Waals surface area contributed by atoms with Crippen molar-refractivity contribution in [3.8, 4) is 0 Å². The van der Waals surface area contributed by atoms with E-state index in [0.29, 0.717) is 26.2 Å². The molecule has 3 amide bonds. The summed E-state index contributed by atoms with van der Waals surface area (Å²) in [6.07, 6.45) is 2.80. The van der Waals surface area contributed by atoms with Crippen LogP contribution in [0.25, 0.3) is 0 Å². The second-order valence-electron chi connectivity index (χ2n) is 6.60. The van der Waals surface area contributed by atoms with Gasteiger partial charge in [0, 0.05) is 38.8 Å². The van der Waals surface area contributed by atoms with Crippen molar-refractivity contribution in [2.45, 2.75) is 32.2 Å². The first-order valence-corrected chi connectivity index (χ1v) is 8.81. The lowest BCUT2D eigenvalue weighted by Gasteiger charge is -2.32. The van der Waals surface area contributed by atoms with E-state index >= 15 is 0 Å². The van der Waals surface area contributed by atoms with Gasteiger partial charge in [0.05, 0.1) is 6.54 Å². The van der Waals surface area contributed by atoms with Gasteiger partial charge in [-0.15, -0.1) is 0 Å². The molecule has 0 saturated carbocycles. The van der Waals surface area contributed by atoms with Crippen LogP contribution in [0, 0.1) is 0 Å². The molecule has 0 aromatic rings. The molecule has 23 heavy (non-hydrogen) atoms. The first kappa shape index (κ1) is 18.0. The first-order valence-electron chi connectivity index (χ1n) is 8.81. The minimum atomic E-state index is 0.00552.